The average Bonchev–Trinajstić information content (AvgIpc) is 3.01. The van der Waals surface area contributed by atoms with E-state index in [0.717, 1.165) is 5.69 Å². The van der Waals surface area contributed by atoms with E-state index in [2.05, 4.69) is 20.8 Å². The second kappa shape index (κ2) is 6.77. The van der Waals surface area contributed by atoms with Crippen LogP contribution in [0.25, 0.3) is 5.69 Å². The molecule has 1 saturated heterocycles. The van der Waals surface area contributed by atoms with Gasteiger partial charge in [0.1, 0.15) is 0 Å². The Balaban J connectivity index is 1.65. The van der Waals surface area contributed by atoms with Gasteiger partial charge in [-0.05, 0) is 48.4 Å². The lowest BCUT2D eigenvalue weighted by atomic mass is 9.96. The summed E-state index contributed by atoms with van der Waals surface area (Å²) in [5, 5.41) is 14.4. The van der Waals surface area contributed by atoms with E-state index in [1.807, 2.05) is 31.2 Å². The summed E-state index contributed by atoms with van der Waals surface area (Å²) < 4.78 is 1.61. The third kappa shape index (κ3) is 3.42. The second-order valence-electron chi connectivity index (χ2n) is 5.96. The number of likely N-dealkylation sites (tertiary alicyclic amines) is 1. The van der Waals surface area contributed by atoms with Crippen molar-refractivity contribution in [3.8, 4) is 5.69 Å². The lowest BCUT2D eigenvalue weighted by molar-refractivity contribution is -0.132. The van der Waals surface area contributed by atoms with Gasteiger partial charge in [-0.15, -0.1) is 5.10 Å². The molecule has 0 saturated carbocycles. The third-order valence-corrected chi connectivity index (χ3v) is 4.29. The van der Waals surface area contributed by atoms with Crippen molar-refractivity contribution in [1.82, 2.24) is 25.1 Å². The maximum atomic E-state index is 12.4. The Kier molecular flexibility index (Phi) is 4.54. The molecule has 2 heterocycles. The Labute approximate surface area is 139 Å². The number of hydrogen-bond acceptors (Lipinski definition) is 5. The summed E-state index contributed by atoms with van der Waals surface area (Å²) in [6.07, 6.45) is 1.38. The van der Waals surface area contributed by atoms with Crippen LogP contribution < -0.4 is 5.32 Å². The Morgan fingerprint density at radius 1 is 1.25 bits per heavy atom. The zero-order valence-corrected chi connectivity index (χ0v) is 13.8. The molecular formula is C16H20N6O2. The number of hydrogen-bond donors (Lipinski definition) is 1. The SMILES string of the molecule is CC(=O)N1CCC(C(=O)Nc2cccc(-n3nnnc3C)c2)CC1. The Hall–Kier alpha value is -2.77. The molecule has 0 radical (unpaired) electrons. The Bertz CT molecular complexity index is 749. The summed E-state index contributed by atoms with van der Waals surface area (Å²) >= 11 is 0. The first-order valence-electron chi connectivity index (χ1n) is 7.96. The molecule has 1 aromatic heterocycles. The number of aromatic nitrogens is 4. The van der Waals surface area contributed by atoms with Crippen LogP contribution in [0.2, 0.25) is 0 Å². The van der Waals surface area contributed by atoms with Crippen LogP contribution in [-0.4, -0.2) is 50.0 Å². The Morgan fingerprint density at radius 3 is 2.62 bits per heavy atom. The number of nitrogens with zero attached hydrogens (tertiary/aromatic N) is 5. The summed E-state index contributed by atoms with van der Waals surface area (Å²) in [4.78, 5) is 25.6. The zero-order chi connectivity index (χ0) is 17.1. The second-order valence-corrected chi connectivity index (χ2v) is 5.96. The molecule has 24 heavy (non-hydrogen) atoms. The van der Waals surface area contributed by atoms with Crippen molar-refractivity contribution < 1.29 is 9.59 Å². The molecule has 1 aliphatic heterocycles. The van der Waals surface area contributed by atoms with Gasteiger partial charge in [-0.25, -0.2) is 0 Å². The number of aryl methyl sites for hydroxylation is 1. The van der Waals surface area contributed by atoms with Crippen molar-refractivity contribution in [2.45, 2.75) is 26.7 Å². The molecule has 1 fully saturated rings. The number of amides is 2. The van der Waals surface area contributed by atoms with Crippen LogP contribution in [0.15, 0.2) is 24.3 Å². The van der Waals surface area contributed by atoms with Gasteiger partial charge in [0, 0.05) is 31.6 Å². The maximum absolute atomic E-state index is 12.4. The lowest BCUT2D eigenvalue weighted by Crippen LogP contribution is -2.40. The normalized spacial score (nSPS) is 15.3. The summed E-state index contributed by atoms with van der Waals surface area (Å²) in [7, 11) is 0. The van der Waals surface area contributed by atoms with Gasteiger partial charge in [-0.1, -0.05) is 6.07 Å². The van der Waals surface area contributed by atoms with Gasteiger partial charge in [-0.3, -0.25) is 9.59 Å². The summed E-state index contributed by atoms with van der Waals surface area (Å²) in [6.45, 7) is 4.65. The molecule has 0 aliphatic carbocycles. The molecule has 0 atom stereocenters. The molecular weight excluding hydrogens is 308 g/mol. The van der Waals surface area contributed by atoms with Crippen LogP contribution in [0.4, 0.5) is 5.69 Å². The first kappa shape index (κ1) is 16.1. The standard InChI is InChI=1S/C16H20N6O2/c1-11-18-19-20-22(11)15-5-3-4-14(10-15)17-16(24)13-6-8-21(9-7-13)12(2)23/h3-5,10,13H,6-9H2,1-2H3,(H,17,24). The zero-order valence-electron chi connectivity index (χ0n) is 13.8. The minimum atomic E-state index is -0.0703. The quantitative estimate of drug-likeness (QED) is 0.913. The van der Waals surface area contributed by atoms with Crippen LogP contribution in [0.3, 0.4) is 0 Å². The van der Waals surface area contributed by atoms with E-state index in [4.69, 9.17) is 0 Å². The predicted molar refractivity (Wildman–Crippen MR) is 87.5 cm³/mol. The van der Waals surface area contributed by atoms with E-state index >= 15 is 0 Å². The highest BCUT2D eigenvalue weighted by Crippen LogP contribution is 2.21. The predicted octanol–water partition coefficient (Wildman–Crippen LogP) is 1.17. The van der Waals surface area contributed by atoms with Crippen molar-refractivity contribution in [1.29, 1.82) is 0 Å². The highest BCUT2D eigenvalue weighted by Gasteiger charge is 2.26. The van der Waals surface area contributed by atoms with Gasteiger partial charge in [-0.2, -0.15) is 4.68 Å². The number of nitrogens with one attached hydrogen (secondary N) is 1. The molecule has 126 valence electrons. The molecule has 2 amide bonds. The third-order valence-electron chi connectivity index (χ3n) is 4.29. The largest absolute Gasteiger partial charge is 0.343 e. The number of anilines is 1. The first-order valence-corrected chi connectivity index (χ1v) is 7.96. The number of piperidine rings is 1. The summed E-state index contributed by atoms with van der Waals surface area (Å²) in [6, 6.07) is 7.41. The number of carbonyl (C=O) groups is 2. The average molecular weight is 328 g/mol. The lowest BCUT2D eigenvalue weighted by Gasteiger charge is -2.30. The van der Waals surface area contributed by atoms with E-state index in [1.165, 1.54) is 0 Å². The van der Waals surface area contributed by atoms with Crippen LogP contribution in [0.1, 0.15) is 25.6 Å². The van der Waals surface area contributed by atoms with Crippen molar-refractivity contribution >= 4 is 17.5 Å². The number of carbonyl (C=O) groups excluding carboxylic acids is 2. The topological polar surface area (TPSA) is 93.0 Å². The van der Waals surface area contributed by atoms with Crippen molar-refractivity contribution in [2.75, 3.05) is 18.4 Å². The molecule has 1 N–H and O–H groups in total. The van der Waals surface area contributed by atoms with Crippen molar-refractivity contribution in [2.24, 2.45) is 5.92 Å². The van der Waals surface area contributed by atoms with Gasteiger partial charge in [0.15, 0.2) is 5.82 Å². The fourth-order valence-electron chi connectivity index (χ4n) is 2.89. The molecule has 0 bridgehead atoms. The highest BCUT2D eigenvalue weighted by atomic mass is 16.2. The maximum Gasteiger partial charge on any atom is 0.227 e. The fraction of sp³-hybridized carbons (Fsp3) is 0.438. The van der Waals surface area contributed by atoms with Crippen LogP contribution in [0.5, 0.6) is 0 Å². The van der Waals surface area contributed by atoms with Gasteiger partial charge < -0.3 is 10.2 Å². The summed E-state index contributed by atoms with van der Waals surface area (Å²) in [5.41, 5.74) is 1.50. The minimum Gasteiger partial charge on any atom is -0.343 e. The van der Waals surface area contributed by atoms with E-state index in [0.29, 0.717) is 37.4 Å². The highest BCUT2D eigenvalue weighted by molar-refractivity contribution is 5.93. The number of tetrazole rings is 1. The van der Waals surface area contributed by atoms with Crippen LogP contribution in [-0.2, 0) is 9.59 Å². The molecule has 3 rings (SSSR count). The molecule has 0 spiro atoms. The number of benzene rings is 1. The van der Waals surface area contributed by atoms with Crippen molar-refractivity contribution in [3.63, 3.8) is 0 Å². The van der Waals surface area contributed by atoms with Crippen LogP contribution >= 0.6 is 0 Å². The molecule has 1 aromatic carbocycles. The summed E-state index contributed by atoms with van der Waals surface area (Å²) in [5.74, 6) is 0.663. The van der Waals surface area contributed by atoms with Gasteiger partial charge in [0.25, 0.3) is 0 Å². The van der Waals surface area contributed by atoms with Gasteiger partial charge >= 0.3 is 0 Å². The van der Waals surface area contributed by atoms with Gasteiger partial charge in [0.2, 0.25) is 11.8 Å². The number of rotatable bonds is 3. The van der Waals surface area contributed by atoms with Gasteiger partial charge in [0.05, 0.1) is 5.69 Å². The minimum absolute atomic E-state index is 0.0104. The molecule has 0 unspecified atom stereocenters. The molecule has 2 aromatic rings. The van der Waals surface area contributed by atoms with E-state index < -0.39 is 0 Å². The first-order chi connectivity index (χ1) is 11.5. The smallest absolute Gasteiger partial charge is 0.227 e. The Morgan fingerprint density at radius 2 is 2.00 bits per heavy atom. The van der Waals surface area contributed by atoms with E-state index in [1.54, 1.807) is 16.5 Å². The molecule has 8 heteroatoms. The van der Waals surface area contributed by atoms with E-state index in [9.17, 15) is 9.59 Å². The molecule has 1 aliphatic rings. The van der Waals surface area contributed by atoms with E-state index in [-0.39, 0.29) is 17.7 Å². The monoisotopic (exact) mass is 328 g/mol. The van der Waals surface area contributed by atoms with Crippen molar-refractivity contribution in [3.05, 3.63) is 30.1 Å². The fourth-order valence-corrected chi connectivity index (χ4v) is 2.89. The molecule has 8 nitrogen and oxygen atoms in total. The van der Waals surface area contributed by atoms with Crippen LogP contribution in [0, 0.1) is 12.8 Å².